The summed E-state index contributed by atoms with van der Waals surface area (Å²) in [5.41, 5.74) is -1.46. The summed E-state index contributed by atoms with van der Waals surface area (Å²) in [6, 6.07) is 4.17. The number of ether oxygens (including phenoxy) is 1. The minimum atomic E-state index is -4.47. The minimum absolute atomic E-state index is 0.00812. The van der Waals surface area contributed by atoms with Crippen molar-refractivity contribution in [3.8, 4) is 0 Å². The molecule has 7 nitrogen and oxygen atoms in total. The van der Waals surface area contributed by atoms with Gasteiger partial charge in [-0.25, -0.2) is 4.79 Å². The molecule has 1 aromatic rings. The molecule has 0 bridgehead atoms. The van der Waals surface area contributed by atoms with Gasteiger partial charge in [0.1, 0.15) is 0 Å². The maximum Gasteiger partial charge on any atom is 0.416 e. The second-order valence-electron chi connectivity index (χ2n) is 8.57. The van der Waals surface area contributed by atoms with Gasteiger partial charge in [0.25, 0.3) is 0 Å². The van der Waals surface area contributed by atoms with Gasteiger partial charge in [0.2, 0.25) is 5.91 Å². The molecule has 0 aromatic heterocycles. The summed E-state index contributed by atoms with van der Waals surface area (Å²) in [5.74, 6) is 0.00812. The van der Waals surface area contributed by atoms with E-state index in [4.69, 9.17) is 4.74 Å². The largest absolute Gasteiger partial charge is 0.416 e. The Bertz CT molecular complexity index is 847. The number of nitrogens with zero attached hydrogens (tertiary/aromatic N) is 2. The zero-order valence-corrected chi connectivity index (χ0v) is 17.4. The molecule has 3 aliphatic heterocycles. The van der Waals surface area contributed by atoms with E-state index in [0.717, 1.165) is 25.0 Å². The minimum Gasteiger partial charge on any atom is -0.381 e. The Kier molecular flexibility index (Phi) is 5.63. The standard InChI is InChI=1S/C21H27F3N4O3/c1-15(29)28-19(14-25-20(28)7-11-31-12-8-20)5-9-27(10-6-19)18(30)26-17-4-2-3-16(13-17)21(22,23)24/h2-4,13,25H,5-12,14H2,1H3,(H,26,30). The zero-order valence-electron chi connectivity index (χ0n) is 17.4. The molecule has 170 valence electrons. The molecule has 0 radical (unpaired) electrons. The molecule has 10 heteroatoms. The highest BCUT2D eigenvalue weighted by Crippen LogP contribution is 2.42. The number of anilines is 1. The van der Waals surface area contributed by atoms with Gasteiger partial charge in [-0.2, -0.15) is 13.2 Å². The summed E-state index contributed by atoms with van der Waals surface area (Å²) in [6.07, 6.45) is -1.79. The van der Waals surface area contributed by atoms with Gasteiger partial charge in [-0.05, 0) is 31.0 Å². The predicted octanol–water partition coefficient (Wildman–Crippen LogP) is 3.03. The number of alkyl halides is 3. The second kappa shape index (κ2) is 7.98. The smallest absolute Gasteiger partial charge is 0.381 e. The van der Waals surface area contributed by atoms with Crippen molar-refractivity contribution in [1.29, 1.82) is 0 Å². The van der Waals surface area contributed by atoms with Gasteiger partial charge in [-0.3, -0.25) is 10.1 Å². The third kappa shape index (κ3) is 4.10. The topological polar surface area (TPSA) is 73.9 Å². The van der Waals surface area contributed by atoms with Crippen molar-refractivity contribution in [3.63, 3.8) is 0 Å². The van der Waals surface area contributed by atoms with Gasteiger partial charge in [-0.1, -0.05) is 6.07 Å². The van der Waals surface area contributed by atoms with E-state index in [1.165, 1.54) is 12.1 Å². The highest BCUT2D eigenvalue weighted by molar-refractivity contribution is 5.89. The molecular weight excluding hydrogens is 413 g/mol. The maximum atomic E-state index is 12.9. The highest BCUT2D eigenvalue weighted by Gasteiger charge is 2.57. The van der Waals surface area contributed by atoms with Crippen LogP contribution in [0.5, 0.6) is 0 Å². The van der Waals surface area contributed by atoms with Crippen molar-refractivity contribution in [2.24, 2.45) is 0 Å². The lowest BCUT2D eigenvalue weighted by atomic mass is 9.85. The summed E-state index contributed by atoms with van der Waals surface area (Å²) >= 11 is 0. The molecule has 3 aliphatic rings. The normalized spacial score (nSPS) is 22.7. The van der Waals surface area contributed by atoms with Gasteiger partial charge in [0.15, 0.2) is 0 Å². The van der Waals surface area contributed by atoms with E-state index < -0.39 is 23.4 Å². The quantitative estimate of drug-likeness (QED) is 0.704. The molecule has 3 heterocycles. The van der Waals surface area contributed by atoms with Gasteiger partial charge in [0.05, 0.1) is 30.0 Å². The second-order valence-corrected chi connectivity index (χ2v) is 8.57. The predicted molar refractivity (Wildman–Crippen MR) is 107 cm³/mol. The van der Waals surface area contributed by atoms with Gasteiger partial charge < -0.3 is 19.9 Å². The van der Waals surface area contributed by atoms with Crippen LogP contribution in [0.3, 0.4) is 0 Å². The average Bonchev–Trinajstić information content (AvgIpc) is 3.01. The van der Waals surface area contributed by atoms with Crippen LogP contribution < -0.4 is 10.6 Å². The Labute approximate surface area is 178 Å². The molecule has 4 rings (SSSR count). The molecule has 0 atom stereocenters. The average molecular weight is 440 g/mol. The van der Waals surface area contributed by atoms with Crippen LogP contribution in [0, 0.1) is 0 Å². The lowest BCUT2D eigenvalue weighted by molar-refractivity contribution is -0.147. The summed E-state index contributed by atoms with van der Waals surface area (Å²) in [5, 5.41) is 6.14. The first-order valence-corrected chi connectivity index (χ1v) is 10.5. The molecule has 2 spiro atoms. The van der Waals surface area contributed by atoms with E-state index in [0.29, 0.717) is 45.7 Å². The van der Waals surface area contributed by atoms with E-state index in [9.17, 15) is 22.8 Å². The highest BCUT2D eigenvalue weighted by atomic mass is 19.4. The Balaban J connectivity index is 1.42. The van der Waals surface area contributed by atoms with E-state index in [1.807, 2.05) is 4.90 Å². The number of carbonyl (C=O) groups is 2. The summed E-state index contributed by atoms with van der Waals surface area (Å²) < 4.78 is 44.2. The van der Waals surface area contributed by atoms with E-state index >= 15 is 0 Å². The van der Waals surface area contributed by atoms with Gasteiger partial charge in [-0.15, -0.1) is 0 Å². The van der Waals surface area contributed by atoms with Gasteiger partial charge in [0, 0.05) is 45.1 Å². The fraction of sp³-hybridized carbons (Fsp3) is 0.619. The van der Waals surface area contributed by atoms with Gasteiger partial charge >= 0.3 is 12.2 Å². The maximum absolute atomic E-state index is 12.9. The van der Waals surface area contributed by atoms with Crippen LogP contribution in [0.2, 0.25) is 0 Å². The number of likely N-dealkylation sites (tertiary alicyclic amines) is 1. The van der Waals surface area contributed by atoms with Crippen molar-refractivity contribution >= 4 is 17.6 Å². The Morgan fingerprint density at radius 3 is 2.42 bits per heavy atom. The van der Waals surface area contributed by atoms with Crippen molar-refractivity contribution < 1.29 is 27.5 Å². The molecule has 2 N–H and O–H groups in total. The summed E-state index contributed by atoms with van der Waals surface area (Å²) in [4.78, 5) is 28.9. The Morgan fingerprint density at radius 1 is 1.13 bits per heavy atom. The molecule has 3 amide bonds. The molecule has 3 saturated heterocycles. The number of carbonyl (C=O) groups excluding carboxylic acids is 2. The number of hydrogen-bond acceptors (Lipinski definition) is 4. The van der Waals surface area contributed by atoms with Crippen molar-refractivity contribution in [2.75, 3.05) is 38.2 Å². The number of piperidine rings is 1. The first-order valence-electron chi connectivity index (χ1n) is 10.5. The lowest BCUT2D eigenvalue weighted by Gasteiger charge is -2.50. The Morgan fingerprint density at radius 2 is 1.81 bits per heavy atom. The molecule has 1 aromatic carbocycles. The SMILES string of the molecule is CC(=O)N1C2(CCN(C(=O)Nc3cccc(C(F)(F)F)c3)CC2)CNC12CCOCC2. The van der Waals surface area contributed by atoms with Crippen LogP contribution in [0.1, 0.15) is 38.2 Å². The van der Waals surface area contributed by atoms with Crippen LogP contribution in [-0.2, 0) is 15.7 Å². The lowest BCUT2D eigenvalue weighted by Crippen LogP contribution is -2.63. The molecular formula is C21H27F3N4O3. The third-order valence-corrected chi connectivity index (χ3v) is 6.71. The van der Waals surface area contributed by atoms with Crippen LogP contribution in [0.4, 0.5) is 23.7 Å². The third-order valence-electron chi connectivity index (χ3n) is 6.71. The van der Waals surface area contributed by atoms with E-state index in [1.54, 1.807) is 11.8 Å². The zero-order chi connectivity index (χ0) is 22.3. The van der Waals surface area contributed by atoms with Crippen molar-refractivity contribution in [3.05, 3.63) is 29.8 Å². The Hall–Kier alpha value is -2.33. The first kappa shape index (κ1) is 21.9. The molecule has 31 heavy (non-hydrogen) atoms. The van der Waals surface area contributed by atoms with E-state index in [2.05, 4.69) is 10.6 Å². The molecule has 3 fully saturated rings. The number of halogens is 3. The number of rotatable bonds is 1. The fourth-order valence-corrected chi connectivity index (χ4v) is 5.19. The number of amides is 3. The van der Waals surface area contributed by atoms with Crippen molar-refractivity contribution in [2.45, 2.75) is 50.0 Å². The number of benzene rings is 1. The van der Waals surface area contributed by atoms with Crippen LogP contribution in [0.15, 0.2) is 24.3 Å². The van der Waals surface area contributed by atoms with Crippen molar-refractivity contribution in [1.82, 2.24) is 15.1 Å². The number of nitrogens with one attached hydrogen (secondary N) is 2. The fourth-order valence-electron chi connectivity index (χ4n) is 5.19. The van der Waals surface area contributed by atoms with E-state index in [-0.39, 0.29) is 17.1 Å². The molecule has 0 unspecified atom stereocenters. The molecule has 0 aliphatic carbocycles. The van der Waals surface area contributed by atoms with Crippen LogP contribution >= 0.6 is 0 Å². The van der Waals surface area contributed by atoms with Crippen LogP contribution in [0.25, 0.3) is 0 Å². The monoisotopic (exact) mass is 440 g/mol. The first-order chi connectivity index (χ1) is 14.7. The molecule has 0 saturated carbocycles. The summed E-state index contributed by atoms with van der Waals surface area (Å²) in [7, 11) is 0. The van der Waals surface area contributed by atoms with Crippen LogP contribution in [-0.4, -0.2) is 65.8 Å². The number of urea groups is 1. The number of hydrogen-bond donors (Lipinski definition) is 2. The summed E-state index contributed by atoms with van der Waals surface area (Å²) in [6.45, 7) is 4.27.